The van der Waals surface area contributed by atoms with Crippen molar-refractivity contribution in [2.45, 2.75) is 58.5 Å². The molecule has 1 saturated heterocycles. The number of hydrogen-bond donors (Lipinski definition) is 1. The number of ether oxygens (including phenoxy) is 1. The number of rotatable bonds is 4. The van der Waals surface area contributed by atoms with Crippen molar-refractivity contribution in [2.75, 3.05) is 32.7 Å². The predicted octanol–water partition coefficient (Wildman–Crippen LogP) is 1.76. The molecule has 7 heteroatoms. The minimum absolute atomic E-state index is 0.00373. The zero-order valence-electron chi connectivity index (χ0n) is 15.7. The Hall–Kier alpha value is -1.79. The van der Waals surface area contributed by atoms with E-state index in [2.05, 4.69) is 5.32 Å². The lowest BCUT2D eigenvalue weighted by atomic mass is 10.1. The summed E-state index contributed by atoms with van der Waals surface area (Å²) in [5.74, 6) is 0.459. The smallest absolute Gasteiger partial charge is 0.407 e. The number of carbonyl (C=O) groups excluding carboxylic acids is 3. The summed E-state index contributed by atoms with van der Waals surface area (Å²) >= 11 is 0. The Balaban J connectivity index is 1.65. The minimum atomic E-state index is -0.545. The second kappa shape index (κ2) is 8.54. The van der Waals surface area contributed by atoms with Crippen LogP contribution in [0.5, 0.6) is 0 Å². The minimum Gasteiger partial charge on any atom is -0.444 e. The average Bonchev–Trinajstić information content (AvgIpc) is 3.07. The Morgan fingerprint density at radius 3 is 2.12 bits per heavy atom. The van der Waals surface area contributed by atoms with E-state index < -0.39 is 11.7 Å². The highest BCUT2D eigenvalue weighted by atomic mass is 16.6. The molecular formula is C18H31N3O4. The summed E-state index contributed by atoms with van der Waals surface area (Å²) in [7, 11) is 0. The topological polar surface area (TPSA) is 79.0 Å². The van der Waals surface area contributed by atoms with Crippen LogP contribution in [-0.2, 0) is 14.3 Å². The van der Waals surface area contributed by atoms with Crippen molar-refractivity contribution in [1.82, 2.24) is 15.1 Å². The van der Waals surface area contributed by atoms with Gasteiger partial charge in [-0.05, 0) is 33.6 Å². The number of nitrogens with zero attached hydrogens (tertiary/aromatic N) is 2. The highest BCUT2D eigenvalue weighted by molar-refractivity contribution is 5.80. The highest BCUT2D eigenvalue weighted by Crippen LogP contribution is 2.26. The third-order valence-corrected chi connectivity index (χ3v) is 4.66. The molecule has 0 aromatic heterocycles. The predicted molar refractivity (Wildman–Crippen MR) is 94.0 cm³/mol. The fraction of sp³-hybridized carbons (Fsp3) is 0.833. The molecule has 0 spiro atoms. The maximum absolute atomic E-state index is 12.4. The van der Waals surface area contributed by atoms with Gasteiger partial charge in [0, 0.05) is 45.1 Å². The van der Waals surface area contributed by atoms with Gasteiger partial charge in [-0.3, -0.25) is 9.59 Å². The van der Waals surface area contributed by atoms with E-state index in [9.17, 15) is 14.4 Å². The molecule has 2 fully saturated rings. The van der Waals surface area contributed by atoms with Crippen LogP contribution < -0.4 is 5.32 Å². The monoisotopic (exact) mass is 353 g/mol. The second-order valence-corrected chi connectivity index (χ2v) is 7.87. The fourth-order valence-electron chi connectivity index (χ4n) is 3.35. The number of hydrogen-bond acceptors (Lipinski definition) is 4. The van der Waals surface area contributed by atoms with Gasteiger partial charge < -0.3 is 19.9 Å². The van der Waals surface area contributed by atoms with Gasteiger partial charge >= 0.3 is 6.09 Å². The first-order valence-corrected chi connectivity index (χ1v) is 9.30. The van der Waals surface area contributed by atoms with Gasteiger partial charge in [-0.15, -0.1) is 0 Å². The van der Waals surface area contributed by atoms with E-state index in [1.807, 2.05) is 4.90 Å². The van der Waals surface area contributed by atoms with Crippen LogP contribution in [0.1, 0.15) is 52.9 Å². The van der Waals surface area contributed by atoms with Crippen LogP contribution in [-0.4, -0.2) is 66.0 Å². The molecule has 0 unspecified atom stereocenters. The van der Waals surface area contributed by atoms with Crippen molar-refractivity contribution in [2.24, 2.45) is 5.92 Å². The zero-order chi connectivity index (χ0) is 18.4. The molecule has 0 aromatic carbocycles. The van der Waals surface area contributed by atoms with Crippen molar-refractivity contribution in [3.63, 3.8) is 0 Å². The molecule has 2 rings (SSSR count). The molecular weight excluding hydrogens is 322 g/mol. The Morgan fingerprint density at radius 2 is 1.56 bits per heavy atom. The largest absolute Gasteiger partial charge is 0.444 e. The number of nitrogens with one attached hydrogen (secondary N) is 1. The lowest BCUT2D eigenvalue weighted by molar-refractivity contribution is -0.142. The molecule has 25 heavy (non-hydrogen) atoms. The zero-order valence-corrected chi connectivity index (χ0v) is 15.7. The van der Waals surface area contributed by atoms with Crippen molar-refractivity contribution in [3.8, 4) is 0 Å². The third kappa shape index (κ3) is 6.21. The fourth-order valence-corrected chi connectivity index (χ4v) is 3.35. The summed E-state index contributed by atoms with van der Waals surface area (Å²) in [6.07, 6.45) is 4.06. The van der Waals surface area contributed by atoms with Crippen molar-refractivity contribution in [1.29, 1.82) is 0 Å². The highest BCUT2D eigenvalue weighted by Gasteiger charge is 2.30. The Labute approximate surface area is 150 Å². The van der Waals surface area contributed by atoms with Gasteiger partial charge in [0.2, 0.25) is 11.8 Å². The number of alkyl carbamates (subject to hydrolysis) is 1. The van der Waals surface area contributed by atoms with Crippen LogP contribution in [0.2, 0.25) is 0 Å². The van der Waals surface area contributed by atoms with Gasteiger partial charge in [0.1, 0.15) is 5.60 Å². The number of amides is 3. The van der Waals surface area contributed by atoms with Crippen LogP contribution in [0.3, 0.4) is 0 Å². The Kier molecular flexibility index (Phi) is 6.67. The normalized spacial score (nSPS) is 19.0. The molecule has 1 saturated carbocycles. The van der Waals surface area contributed by atoms with Crippen LogP contribution in [0, 0.1) is 5.92 Å². The lowest BCUT2D eigenvalue weighted by Crippen LogP contribution is -2.52. The summed E-state index contributed by atoms with van der Waals surface area (Å²) in [6, 6.07) is 0. The van der Waals surface area contributed by atoms with E-state index in [-0.39, 0.29) is 30.7 Å². The van der Waals surface area contributed by atoms with Crippen LogP contribution in [0.15, 0.2) is 0 Å². The molecule has 3 amide bonds. The maximum Gasteiger partial charge on any atom is 0.407 e. The van der Waals surface area contributed by atoms with Crippen LogP contribution >= 0.6 is 0 Å². The third-order valence-electron chi connectivity index (χ3n) is 4.66. The van der Waals surface area contributed by atoms with Crippen LogP contribution in [0.4, 0.5) is 4.79 Å². The van der Waals surface area contributed by atoms with Gasteiger partial charge in [-0.25, -0.2) is 4.79 Å². The Bertz CT molecular complexity index is 487. The molecule has 0 aromatic rings. The van der Waals surface area contributed by atoms with Crippen molar-refractivity contribution in [3.05, 3.63) is 0 Å². The standard InChI is InChI=1S/C18H31N3O4/c1-18(2,3)25-17(24)19-9-8-15(22)20-10-12-21(13-11-20)16(23)14-6-4-5-7-14/h14H,4-13H2,1-3H3,(H,19,24). The number of piperazine rings is 1. The molecule has 0 atom stereocenters. The molecule has 142 valence electrons. The van der Waals surface area contributed by atoms with Crippen molar-refractivity contribution < 1.29 is 19.1 Å². The van der Waals surface area contributed by atoms with Gasteiger partial charge in [-0.1, -0.05) is 12.8 Å². The first kappa shape index (κ1) is 19.5. The molecule has 0 bridgehead atoms. The Morgan fingerprint density at radius 1 is 1.00 bits per heavy atom. The van der Waals surface area contributed by atoms with Gasteiger partial charge in [0.05, 0.1) is 0 Å². The van der Waals surface area contributed by atoms with Gasteiger partial charge in [-0.2, -0.15) is 0 Å². The molecule has 2 aliphatic rings. The SMILES string of the molecule is CC(C)(C)OC(=O)NCCC(=O)N1CCN(C(=O)C2CCCC2)CC1. The van der Waals surface area contributed by atoms with E-state index in [0.717, 1.165) is 25.7 Å². The number of carbonyl (C=O) groups is 3. The summed E-state index contributed by atoms with van der Waals surface area (Å²) in [4.78, 5) is 39.9. The average molecular weight is 353 g/mol. The second-order valence-electron chi connectivity index (χ2n) is 7.87. The lowest BCUT2D eigenvalue weighted by Gasteiger charge is -2.36. The summed E-state index contributed by atoms with van der Waals surface area (Å²) in [6.45, 7) is 8.02. The molecule has 0 radical (unpaired) electrons. The summed E-state index contributed by atoms with van der Waals surface area (Å²) in [5, 5.41) is 2.60. The first-order chi connectivity index (χ1) is 11.8. The van der Waals surface area contributed by atoms with Gasteiger partial charge in [0.15, 0.2) is 0 Å². The van der Waals surface area contributed by atoms with E-state index in [1.54, 1.807) is 25.7 Å². The van der Waals surface area contributed by atoms with E-state index in [0.29, 0.717) is 26.2 Å². The first-order valence-electron chi connectivity index (χ1n) is 9.30. The quantitative estimate of drug-likeness (QED) is 0.835. The van der Waals surface area contributed by atoms with Gasteiger partial charge in [0.25, 0.3) is 0 Å². The molecule has 1 heterocycles. The molecule has 1 aliphatic carbocycles. The maximum atomic E-state index is 12.4. The van der Waals surface area contributed by atoms with E-state index in [1.165, 1.54) is 0 Å². The van der Waals surface area contributed by atoms with Crippen molar-refractivity contribution >= 4 is 17.9 Å². The summed E-state index contributed by atoms with van der Waals surface area (Å²) in [5.41, 5.74) is -0.545. The van der Waals surface area contributed by atoms with E-state index in [4.69, 9.17) is 4.74 Å². The molecule has 7 nitrogen and oxygen atoms in total. The van der Waals surface area contributed by atoms with E-state index >= 15 is 0 Å². The summed E-state index contributed by atoms with van der Waals surface area (Å²) < 4.78 is 5.14. The van der Waals surface area contributed by atoms with Crippen LogP contribution in [0.25, 0.3) is 0 Å². The molecule has 1 aliphatic heterocycles. The molecule has 1 N–H and O–H groups in total.